The normalized spacial score (nSPS) is 11.2. The van der Waals surface area contributed by atoms with Crippen molar-refractivity contribution in [2.24, 2.45) is 4.99 Å². The minimum atomic E-state index is 0. The summed E-state index contributed by atoms with van der Waals surface area (Å²) < 4.78 is 1.99. The van der Waals surface area contributed by atoms with E-state index in [4.69, 9.17) is 4.99 Å². The summed E-state index contributed by atoms with van der Waals surface area (Å²) in [4.78, 5) is 14.6. The van der Waals surface area contributed by atoms with E-state index in [0.717, 1.165) is 42.0 Å². The van der Waals surface area contributed by atoms with Gasteiger partial charge in [-0.25, -0.2) is 9.98 Å². The maximum absolute atomic E-state index is 4.69. The van der Waals surface area contributed by atoms with Gasteiger partial charge in [0.15, 0.2) is 11.8 Å². The van der Waals surface area contributed by atoms with Crippen LogP contribution in [0.3, 0.4) is 0 Å². The van der Waals surface area contributed by atoms with Gasteiger partial charge >= 0.3 is 0 Å². The first-order chi connectivity index (χ1) is 13.2. The van der Waals surface area contributed by atoms with E-state index in [-0.39, 0.29) is 24.0 Å². The lowest BCUT2D eigenvalue weighted by Gasteiger charge is -2.21. The Kier molecular flexibility index (Phi) is 8.42. The molecule has 1 aromatic carbocycles. The molecular weight excluding hydrogens is 467 g/mol. The highest BCUT2D eigenvalue weighted by atomic mass is 127. The highest BCUT2D eigenvalue weighted by Crippen LogP contribution is 2.16. The van der Waals surface area contributed by atoms with Crippen molar-refractivity contribution in [2.75, 3.05) is 13.6 Å². The van der Waals surface area contributed by atoms with E-state index in [2.05, 4.69) is 51.5 Å². The van der Waals surface area contributed by atoms with Gasteiger partial charge in [-0.15, -0.1) is 34.2 Å². The first kappa shape index (κ1) is 21.9. The van der Waals surface area contributed by atoms with Crippen LogP contribution in [0.1, 0.15) is 25.5 Å². The maximum atomic E-state index is 4.69. The first-order valence-corrected chi connectivity index (χ1v) is 9.16. The molecule has 2 heterocycles. The topological polar surface area (TPSA) is 87.0 Å². The van der Waals surface area contributed by atoms with Crippen LogP contribution in [0.2, 0.25) is 0 Å². The Morgan fingerprint density at radius 2 is 2.04 bits per heavy atom. The number of benzene rings is 1. The number of hydrogen-bond acceptors (Lipinski definition) is 4. The third kappa shape index (κ3) is 5.54. The molecule has 0 aliphatic rings. The molecule has 0 saturated carbocycles. The number of imidazole rings is 1. The Morgan fingerprint density at radius 1 is 1.25 bits per heavy atom. The number of hydrogen-bond donors (Lipinski definition) is 2. The molecular formula is C19H27IN8. The predicted octanol–water partition coefficient (Wildman–Crippen LogP) is 2.90. The zero-order valence-corrected chi connectivity index (χ0v) is 18.8. The van der Waals surface area contributed by atoms with Gasteiger partial charge in [-0.2, -0.15) is 0 Å². The molecule has 150 valence electrons. The summed E-state index contributed by atoms with van der Waals surface area (Å²) in [6, 6.07) is 10.2. The third-order valence-electron chi connectivity index (χ3n) is 4.20. The smallest absolute Gasteiger partial charge is 0.194 e. The highest BCUT2D eigenvalue weighted by molar-refractivity contribution is 14.0. The Balaban J connectivity index is 0.00000280. The largest absolute Gasteiger partial charge is 0.357 e. The fourth-order valence-electron chi connectivity index (χ4n) is 2.79. The van der Waals surface area contributed by atoms with Crippen molar-refractivity contribution in [2.45, 2.75) is 33.5 Å². The number of nitrogens with zero attached hydrogens (tertiary/aromatic N) is 6. The summed E-state index contributed by atoms with van der Waals surface area (Å²) >= 11 is 0. The van der Waals surface area contributed by atoms with Gasteiger partial charge in [-0.1, -0.05) is 30.3 Å². The molecule has 0 aliphatic heterocycles. The average molecular weight is 494 g/mol. The number of aromatic amines is 1. The van der Waals surface area contributed by atoms with E-state index in [1.807, 2.05) is 40.9 Å². The fourth-order valence-corrected chi connectivity index (χ4v) is 2.79. The zero-order valence-electron chi connectivity index (χ0n) is 16.5. The standard InChI is InChI=1S/C19H26N8.HI/c1-4-20-19(22-12-18-25-23-14-27(18)5-2)26(3)13-17-21-11-16(24-17)15-9-7-6-8-10-15;/h6-11,14H,4-5,12-13H2,1-3H3,(H,20,22)(H,21,24);1H. The third-order valence-corrected chi connectivity index (χ3v) is 4.20. The molecule has 8 nitrogen and oxygen atoms in total. The van der Waals surface area contributed by atoms with Crippen LogP contribution >= 0.6 is 24.0 Å². The van der Waals surface area contributed by atoms with Crippen LogP contribution in [0.15, 0.2) is 47.8 Å². The number of nitrogens with one attached hydrogen (secondary N) is 2. The van der Waals surface area contributed by atoms with E-state index in [9.17, 15) is 0 Å². The second kappa shape index (κ2) is 10.8. The van der Waals surface area contributed by atoms with Crippen LogP contribution in [0, 0.1) is 0 Å². The Bertz CT molecular complexity index is 871. The number of H-pyrrole nitrogens is 1. The summed E-state index contributed by atoms with van der Waals surface area (Å²) in [7, 11) is 2.00. The van der Waals surface area contributed by atoms with Crippen LogP contribution in [-0.4, -0.2) is 49.2 Å². The second-order valence-corrected chi connectivity index (χ2v) is 6.17. The van der Waals surface area contributed by atoms with Crippen molar-refractivity contribution in [3.63, 3.8) is 0 Å². The SMILES string of the molecule is CCNC(=NCc1nncn1CC)N(C)Cc1ncc(-c2ccccc2)[nH]1.I. The molecule has 28 heavy (non-hydrogen) atoms. The number of aromatic nitrogens is 5. The Labute approximate surface area is 182 Å². The Hall–Kier alpha value is -2.43. The van der Waals surface area contributed by atoms with E-state index < -0.39 is 0 Å². The average Bonchev–Trinajstić information content (AvgIpc) is 3.34. The molecule has 0 saturated heterocycles. The van der Waals surface area contributed by atoms with Crippen molar-refractivity contribution in [3.05, 3.63) is 54.5 Å². The number of aryl methyl sites for hydroxylation is 1. The van der Waals surface area contributed by atoms with Crippen molar-refractivity contribution in [3.8, 4) is 11.3 Å². The van der Waals surface area contributed by atoms with Gasteiger partial charge in [0.1, 0.15) is 18.7 Å². The van der Waals surface area contributed by atoms with E-state index in [1.165, 1.54) is 0 Å². The Morgan fingerprint density at radius 3 is 2.75 bits per heavy atom. The molecule has 0 bridgehead atoms. The van der Waals surface area contributed by atoms with Gasteiger partial charge in [0.05, 0.1) is 18.4 Å². The van der Waals surface area contributed by atoms with Crippen molar-refractivity contribution < 1.29 is 0 Å². The van der Waals surface area contributed by atoms with Crippen LogP contribution < -0.4 is 5.32 Å². The van der Waals surface area contributed by atoms with Crippen molar-refractivity contribution >= 4 is 29.9 Å². The van der Waals surface area contributed by atoms with Gasteiger partial charge < -0.3 is 19.8 Å². The first-order valence-electron chi connectivity index (χ1n) is 9.16. The molecule has 0 atom stereocenters. The molecule has 2 aromatic heterocycles. The summed E-state index contributed by atoms with van der Waals surface area (Å²) in [6.07, 6.45) is 3.60. The molecule has 0 fully saturated rings. The fraction of sp³-hybridized carbons (Fsp3) is 0.368. The molecule has 0 spiro atoms. The quantitative estimate of drug-likeness (QED) is 0.300. The summed E-state index contributed by atoms with van der Waals surface area (Å²) in [5.74, 6) is 2.55. The molecule has 0 amide bonds. The zero-order chi connectivity index (χ0) is 19.1. The number of rotatable bonds is 7. The van der Waals surface area contributed by atoms with Crippen molar-refractivity contribution in [1.29, 1.82) is 0 Å². The minimum absolute atomic E-state index is 0. The van der Waals surface area contributed by atoms with Crippen LogP contribution in [0.25, 0.3) is 11.3 Å². The highest BCUT2D eigenvalue weighted by Gasteiger charge is 2.11. The lowest BCUT2D eigenvalue weighted by molar-refractivity contribution is 0.463. The predicted molar refractivity (Wildman–Crippen MR) is 121 cm³/mol. The van der Waals surface area contributed by atoms with Gasteiger partial charge in [0, 0.05) is 20.1 Å². The van der Waals surface area contributed by atoms with Gasteiger partial charge in [0.2, 0.25) is 0 Å². The van der Waals surface area contributed by atoms with Gasteiger partial charge in [-0.3, -0.25) is 0 Å². The minimum Gasteiger partial charge on any atom is -0.357 e. The molecule has 0 radical (unpaired) electrons. The van der Waals surface area contributed by atoms with E-state index in [0.29, 0.717) is 13.1 Å². The summed E-state index contributed by atoms with van der Waals surface area (Å²) in [6.45, 7) is 6.84. The van der Waals surface area contributed by atoms with E-state index >= 15 is 0 Å². The van der Waals surface area contributed by atoms with E-state index in [1.54, 1.807) is 6.33 Å². The van der Waals surface area contributed by atoms with Gasteiger partial charge in [0.25, 0.3) is 0 Å². The lowest BCUT2D eigenvalue weighted by Crippen LogP contribution is -2.38. The molecule has 2 N–H and O–H groups in total. The molecule has 0 unspecified atom stereocenters. The monoisotopic (exact) mass is 494 g/mol. The number of guanidine groups is 1. The van der Waals surface area contributed by atoms with Crippen LogP contribution in [0.5, 0.6) is 0 Å². The number of aliphatic imine (C=N–C) groups is 1. The molecule has 3 aromatic rings. The maximum Gasteiger partial charge on any atom is 0.194 e. The number of halogens is 1. The van der Waals surface area contributed by atoms with Crippen molar-refractivity contribution in [1.82, 2.24) is 34.9 Å². The lowest BCUT2D eigenvalue weighted by atomic mass is 10.2. The van der Waals surface area contributed by atoms with Crippen LogP contribution in [0.4, 0.5) is 0 Å². The summed E-state index contributed by atoms with van der Waals surface area (Å²) in [5, 5.41) is 11.4. The van der Waals surface area contributed by atoms with Crippen LogP contribution in [-0.2, 0) is 19.6 Å². The second-order valence-electron chi connectivity index (χ2n) is 6.17. The molecule has 9 heteroatoms. The molecule has 3 rings (SSSR count). The molecule has 0 aliphatic carbocycles. The summed E-state index contributed by atoms with van der Waals surface area (Å²) in [5.41, 5.74) is 2.13. The van der Waals surface area contributed by atoms with Gasteiger partial charge in [-0.05, 0) is 19.4 Å².